The van der Waals surface area contributed by atoms with Crippen LogP contribution >= 0.6 is 0 Å². The second kappa shape index (κ2) is 5.51. The molecule has 1 aromatic carbocycles. The number of rotatable bonds is 5. The molecule has 3 heteroatoms. The standard InChI is InChI=1S/C14H16N2O/c1-2-8-17-9-7-16-6-5-13-10-12(11-15)3-4-14(13)16/h3-6,10H,2,7-9H2,1H3. The minimum atomic E-state index is 0.706. The molecule has 2 aromatic rings. The molecule has 0 aliphatic heterocycles. The fourth-order valence-electron chi connectivity index (χ4n) is 1.87. The van der Waals surface area contributed by atoms with E-state index in [4.69, 9.17) is 10.00 Å². The Morgan fingerprint density at radius 2 is 2.18 bits per heavy atom. The van der Waals surface area contributed by atoms with E-state index in [-0.39, 0.29) is 0 Å². The summed E-state index contributed by atoms with van der Waals surface area (Å²) in [6, 6.07) is 9.95. The molecule has 0 atom stereocenters. The number of hydrogen-bond acceptors (Lipinski definition) is 2. The third kappa shape index (κ3) is 2.66. The third-order valence-electron chi connectivity index (χ3n) is 2.73. The maximum absolute atomic E-state index is 8.83. The highest BCUT2D eigenvalue weighted by atomic mass is 16.5. The van der Waals surface area contributed by atoms with E-state index in [0.717, 1.165) is 37.1 Å². The van der Waals surface area contributed by atoms with E-state index < -0.39 is 0 Å². The minimum absolute atomic E-state index is 0.706. The average Bonchev–Trinajstić information content (AvgIpc) is 2.77. The largest absolute Gasteiger partial charge is 0.380 e. The highest BCUT2D eigenvalue weighted by Crippen LogP contribution is 2.17. The lowest BCUT2D eigenvalue weighted by Gasteiger charge is -2.06. The van der Waals surface area contributed by atoms with E-state index in [1.54, 1.807) is 0 Å². The van der Waals surface area contributed by atoms with Crippen molar-refractivity contribution >= 4 is 10.9 Å². The van der Waals surface area contributed by atoms with E-state index in [2.05, 4.69) is 17.6 Å². The van der Waals surface area contributed by atoms with Crippen molar-refractivity contribution in [3.63, 3.8) is 0 Å². The quantitative estimate of drug-likeness (QED) is 0.738. The summed E-state index contributed by atoms with van der Waals surface area (Å²) in [5.74, 6) is 0. The van der Waals surface area contributed by atoms with Crippen molar-refractivity contribution in [3.05, 3.63) is 36.0 Å². The van der Waals surface area contributed by atoms with Crippen LogP contribution in [0.2, 0.25) is 0 Å². The summed E-state index contributed by atoms with van der Waals surface area (Å²) < 4.78 is 7.64. The van der Waals surface area contributed by atoms with Crippen molar-refractivity contribution < 1.29 is 4.74 Å². The zero-order chi connectivity index (χ0) is 12.1. The molecule has 0 radical (unpaired) electrons. The van der Waals surface area contributed by atoms with Crippen LogP contribution in [0.3, 0.4) is 0 Å². The van der Waals surface area contributed by atoms with Crippen molar-refractivity contribution in [3.8, 4) is 6.07 Å². The Morgan fingerprint density at radius 1 is 1.29 bits per heavy atom. The lowest BCUT2D eigenvalue weighted by atomic mass is 10.2. The van der Waals surface area contributed by atoms with Gasteiger partial charge in [0.25, 0.3) is 0 Å². The van der Waals surface area contributed by atoms with Gasteiger partial charge in [0, 0.05) is 30.3 Å². The van der Waals surface area contributed by atoms with Crippen LogP contribution in [0.5, 0.6) is 0 Å². The molecule has 0 aliphatic carbocycles. The van der Waals surface area contributed by atoms with Crippen LogP contribution in [0.4, 0.5) is 0 Å². The minimum Gasteiger partial charge on any atom is -0.380 e. The van der Waals surface area contributed by atoms with Crippen LogP contribution in [-0.2, 0) is 11.3 Å². The zero-order valence-corrected chi connectivity index (χ0v) is 10.0. The predicted molar refractivity (Wildman–Crippen MR) is 67.8 cm³/mol. The fourth-order valence-corrected chi connectivity index (χ4v) is 1.87. The van der Waals surface area contributed by atoms with Gasteiger partial charge in [-0.3, -0.25) is 0 Å². The lowest BCUT2D eigenvalue weighted by Crippen LogP contribution is -2.05. The molecular weight excluding hydrogens is 212 g/mol. The second-order valence-corrected chi connectivity index (χ2v) is 4.01. The van der Waals surface area contributed by atoms with Gasteiger partial charge >= 0.3 is 0 Å². The Hall–Kier alpha value is -1.79. The molecule has 0 amide bonds. The molecule has 1 aromatic heterocycles. The van der Waals surface area contributed by atoms with E-state index in [9.17, 15) is 0 Å². The van der Waals surface area contributed by atoms with Gasteiger partial charge in [-0.25, -0.2) is 0 Å². The number of nitrogens with zero attached hydrogens (tertiary/aromatic N) is 2. The van der Waals surface area contributed by atoms with E-state index >= 15 is 0 Å². The fraction of sp³-hybridized carbons (Fsp3) is 0.357. The summed E-state index contributed by atoms with van der Waals surface area (Å²) in [7, 11) is 0. The third-order valence-corrected chi connectivity index (χ3v) is 2.73. The Kier molecular flexibility index (Phi) is 3.79. The van der Waals surface area contributed by atoms with Crippen LogP contribution in [0.1, 0.15) is 18.9 Å². The van der Waals surface area contributed by atoms with Crippen molar-refractivity contribution in [2.45, 2.75) is 19.9 Å². The van der Waals surface area contributed by atoms with Crippen LogP contribution in [-0.4, -0.2) is 17.8 Å². The first kappa shape index (κ1) is 11.7. The topological polar surface area (TPSA) is 38.0 Å². The van der Waals surface area contributed by atoms with Gasteiger partial charge in [-0.05, 0) is 30.7 Å². The lowest BCUT2D eigenvalue weighted by molar-refractivity contribution is 0.127. The van der Waals surface area contributed by atoms with E-state index in [1.807, 2.05) is 30.5 Å². The molecule has 0 bridgehead atoms. The molecule has 0 aliphatic rings. The number of aromatic nitrogens is 1. The number of ether oxygens (including phenoxy) is 1. The number of fused-ring (bicyclic) bond motifs is 1. The van der Waals surface area contributed by atoms with Gasteiger partial charge in [0.05, 0.1) is 18.2 Å². The van der Waals surface area contributed by atoms with Crippen molar-refractivity contribution in [2.24, 2.45) is 0 Å². The van der Waals surface area contributed by atoms with Crippen LogP contribution < -0.4 is 0 Å². The molecule has 3 nitrogen and oxygen atoms in total. The summed E-state index contributed by atoms with van der Waals surface area (Å²) in [4.78, 5) is 0. The van der Waals surface area contributed by atoms with Crippen LogP contribution in [0.15, 0.2) is 30.5 Å². The van der Waals surface area contributed by atoms with E-state index in [1.165, 1.54) is 0 Å². The zero-order valence-electron chi connectivity index (χ0n) is 10.0. The second-order valence-electron chi connectivity index (χ2n) is 4.01. The number of hydrogen-bond donors (Lipinski definition) is 0. The average molecular weight is 228 g/mol. The Labute approximate surface area is 101 Å². The van der Waals surface area contributed by atoms with Gasteiger partial charge in [0.1, 0.15) is 0 Å². The molecular formula is C14H16N2O. The summed E-state index contributed by atoms with van der Waals surface area (Å²) in [6.07, 6.45) is 3.10. The summed E-state index contributed by atoms with van der Waals surface area (Å²) >= 11 is 0. The Balaban J connectivity index is 2.11. The first-order valence-corrected chi connectivity index (χ1v) is 5.92. The molecule has 17 heavy (non-hydrogen) atoms. The van der Waals surface area contributed by atoms with Gasteiger partial charge in [-0.2, -0.15) is 5.26 Å². The van der Waals surface area contributed by atoms with Crippen molar-refractivity contribution in [1.29, 1.82) is 5.26 Å². The first-order valence-electron chi connectivity index (χ1n) is 5.92. The smallest absolute Gasteiger partial charge is 0.0991 e. The van der Waals surface area contributed by atoms with Gasteiger partial charge in [0.2, 0.25) is 0 Å². The molecule has 0 fully saturated rings. The predicted octanol–water partition coefficient (Wildman–Crippen LogP) is 2.94. The van der Waals surface area contributed by atoms with Gasteiger partial charge in [-0.15, -0.1) is 0 Å². The Morgan fingerprint density at radius 3 is 2.94 bits per heavy atom. The van der Waals surface area contributed by atoms with Crippen LogP contribution in [0.25, 0.3) is 10.9 Å². The highest BCUT2D eigenvalue weighted by Gasteiger charge is 2.01. The Bertz CT molecular complexity index is 537. The molecule has 88 valence electrons. The first-order chi connectivity index (χ1) is 8.35. The molecule has 2 rings (SSSR count). The maximum Gasteiger partial charge on any atom is 0.0991 e. The van der Waals surface area contributed by atoms with E-state index in [0.29, 0.717) is 5.56 Å². The summed E-state index contributed by atoms with van der Waals surface area (Å²) in [5, 5.41) is 9.94. The molecule has 0 spiro atoms. The normalized spacial score (nSPS) is 10.6. The molecule has 0 unspecified atom stereocenters. The highest BCUT2D eigenvalue weighted by molar-refractivity contribution is 5.81. The van der Waals surface area contributed by atoms with Crippen molar-refractivity contribution in [1.82, 2.24) is 4.57 Å². The summed E-state index contributed by atoms with van der Waals surface area (Å²) in [6.45, 7) is 4.51. The van der Waals surface area contributed by atoms with Gasteiger partial charge in [-0.1, -0.05) is 6.92 Å². The van der Waals surface area contributed by atoms with Gasteiger partial charge in [0.15, 0.2) is 0 Å². The van der Waals surface area contributed by atoms with Crippen molar-refractivity contribution in [2.75, 3.05) is 13.2 Å². The maximum atomic E-state index is 8.83. The number of nitriles is 1. The molecule has 0 saturated heterocycles. The van der Waals surface area contributed by atoms with Gasteiger partial charge < -0.3 is 9.30 Å². The van der Waals surface area contributed by atoms with Crippen LogP contribution in [0, 0.1) is 11.3 Å². The molecule has 0 N–H and O–H groups in total. The summed E-state index contributed by atoms with van der Waals surface area (Å²) in [5.41, 5.74) is 1.86. The number of benzene rings is 1. The monoisotopic (exact) mass is 228 g/mol. The molecule has 1 heterocycles. The molecule has 0 saturated carbocycles. The SMILES string of the molecule is CCCOCCn1ccc2cc(C#N)ccc21.